The van der Waals surface area contributed by atoms with Crippen molar-refractivity contribution in [1.29, 1.82) is 0 Å². The van der Waals surface area contributed by atoms with Gasteiger partial charge in [0.1, 0.15) is 6.54 Å². The van der Waals surface area contributed by atoms with E-state index in [9.17, 15) is 10.1 Å². The second-order valence-electron chi connectivity index (χ2n) is 5.14. The number of rotatable bonds is 4. The van der Waals surface area contributed by atoms with Crippen LogP contribution in [0.5, 0.6) is 0 Å². The van der Waals surface area contributed by atoms with Gasteiger partial charge in [-0.2, -0.15) is 10.2 Å². The summed E-state index contributed by atoms with van der Waals surface area (Å²) >= 11 is 5.27. The molecular weight excluding hydrogens is 316 g/mol. The maximum Gasteiger partial charge on any atom is 0.269 e. The van der Waals surface area contributed by atoms with Gasteiger partial charge in [0.15, 0.2) is 10.6 Å². The van der Waals surface area contributed by atoms with Crippen LogP contribution in [0.1, 0.15) is 17.2 Å². The molecule has 0 amide bonds. The number of benzene rings is 1. The van der Waals surface area contributed by atoms with E-state index in [1.807, 2.05) is 24.6 Å². The molecule has 8 nitrogen and oxygen atoms in total. The second kappa shape index (κ2) is 5.76. The molecule has 0 unspecified atom stereocenters. The summed E-state index contributed by atoms with van der Waals surface area (Å²) in [6.07, 6.45) is 0. The minimum atomic E-state index is -0.435. The van der Waals surface area contributed by atoms with Crippen molar-refractivity contribution in [2.45, 2.75) is 20.4 Å². The summed E-state index contributed by atoms with van der Waals surface area (Å²) in [5, 5.41) is 22.2. The lowest BCUT2D eigenvalue weighted by molar-refractivity contribution is -0.384. The summed E-state index contributed by atoms with van der Waals surface area (Å²) in [5.41, 5.74) is 2.69. The van der Waals surface area contributed by atoms with E-state index in [-0.39, 0.29) is 5.69 Å². The van der Waals surface area contributed by atoms with Crippen LogP contribution < -0.4 is 0 Å². The van der Waals surface area contributed by atoms with Gasteiger partial charge in [-0.25, -0.2) is 0 Å². The standard InChI is InChI=1S/C14H14N6O2S/c1-9-7-10(2)18(17-9)8-13-15-16-14(23)19(13)11-3-5-12(6-4-11)20(21)22/h3-7H,8H2,1-2H3,(H,16,23). The number of aryl methyl sites for hydroxylation is 2. The first kappa shape index (κ1) is 15.1. The molecule has 2 aromatic heterocycles. The molecule has 0 aliphatic heterocycles. The Labute approximate surface area is 136 Å². The first-order chi connectivity index (χ1) is 11.0. The van der Waals surface area contributed by atoms with E-state index < -0.39 is 4.92 Å². The van der Waals surface area contributed by atoms with Gasteiger partial charge in [-0.05, 0) is 44.3 Å². The monoisotopic (exact) mass is 330 g/mol. The SMILES string of the molecule is Cc1cc(C)n(Cc2n[nH]c(=S)n2-c2ccc([N+](=O)[O-])cc2)n1. The molecule has 3 rings (SSSR count). The van der Waals surface area contributed by atoms with Crippen molar-refractivity contribution in [3.05, 3.63) is 62.4 Å². The fourth-order valence-corrected chi connectivity index (χ4v) is 2.65. The van der Waals surface area contributed by atoms with E-state index in [0.717, 1.165) is 11.4 Å². The highest BCUT2D eigenvalue weighted by Gasteiger charge is 2.12. The number of aromatic amines is 1. The fraction of sp³-hybridized carbons (Fsp3) is 0.214. The predicted molar refractivity (Wildman–Crippen MR) is 86.2 cm³/mol. The topological polar surface area (TPSA) is 94.6 Å². The molecule has 0 fully saturated rings. The van der Waals surface area contributed by atoms with E-state index in [1.165, 1.54) is 12.1 Å². The van der Waals surface area contributed by atoms with Gasteiger partial charge in [0, 0.05) is 17.8 Å². The number of non-ortho nitro benzene ring substituents is 1. The van der Waals surface area contributed by atoms with Crippen molar-refractivity contribution in [2.75, 3.05) is 0 Å². The number of nitro benzene ring substituents is 1. The summed E-state index contributed by atoms with van der Waals surface area (Å²) in [7, 11) is 0. The van der Waals surface area contributed by atoms with Gasteiger partial charge >= 0.3 is 0 Å². The van der Waals surface area contributed by atoms with Crippen molar-refractivity contribution in [3.8, 4) is 5.69 Å². The Morgan fingerprint density at radius 2 is 2.00 bits per heavy atom. The second-order valence-corrected chi connectivity index (χ2v) is 5.53. The molecular formula is C14H14N6O2S. The molecule has 118 valence electrons. The molecule has 0 radical (unpaired) electrons. The third-order valence-corrected chi connectivity index (χ3v) is 3.73. The Morgan fingerprint density at radius 1 is 1.30 bits per heavy atom. The quantitative estimate of drug-likeness (QED) is 0.451. The Kier molecular flexibility index (Phi) is 3.78. The molecule has 1 aromatic carbocycles. The third-order valence-electron chi connectivity index (χ3n) is 3.46. The molecule has 0 spiro atoms. The molecule has 2 heterocycles. The predicted octanol–water partition coefficient (Wildman–Crippen LogP) is 2.70. The Hall–Kier alpha value is -2.81. The van der Waals surface area contributed by atoms with Gasteiger partial charge in [-0.1, -0.05) is 0 Å². The molecule has 0 saturated heterocycles. The van der Waals surface area contributed by atoms with Crippen LogP contribution in [-0.4, -0.2) is 29.5 Å². The number of nitro groups is 1. The molecule has 1 N–H and O–H groups in total. The fourth-order valence-electron chi connectivity index (χ4n) is 2.39. The summed E-state index contributed by atoms with van der Waals surface area (Å²) in [4.78, 5) is 10.3. The largest absolute Gasteiger partial charge is 0.271 e. The van der Waals surface area contributed by atoms with Crippen LogP contribution >= 0.6 is 12.2 Å². The molecule has 3 aromatic rings. The zero-order chi connectivity index (χ0) is 16.6. The molecule has 0 aliphatic rings. The number of aromatic nitrogens is 5. The lowest BCUT2D eigenvalue weighted by atomic mass is 10.3. The lowest BCUT2D eigenvalue weighted by Gasteiger charge is -2.08. The van der Waals surface area contributed by atoms with Crippen molar-refractivity contribution in [1.82, 2.24) is 24.5 Å². The van der Waals surface area contributed by atoms with E-state index >= 15 is 0 Å². The zero-order valence-corrected chi connectivity index (χ0v) is 13.4. The smallest absolute Gasteiger partial charge is 0.269 e. The maximum atomic E-state index is 10.8. The van der Waals surface area contributed by atoms with Gasteiger partial charge in [0.2, 0.25) is 0 Å². The highest BCUT2D eigenvalue weighted by atomic mass is 32.1. The normalized spacial score (nSPS) is 10.9. The van der Waals surface area contributed by atoms with Crippen LogP contribution in [0.3, 0.4) is 0 Å². The van der Waals surface area contributed by atoms with Gasteiger partial charge in [0.25, 0.3) is 5.69 Å². The number of hydrogen-bond acceptors (Lipinski definition) is 5. The average molecular weight is 330 g/mol. The number of nitrogens with zero attached hydrogens (tertiary/aromatic N) is 5. The Bertz CT molecular complexity index is 922. The van der Waals surface area contributed by atoms with Crippen LogP contribution in [0.15, 0.2) is 30.3 Å². The van der Waals surface area contributed by atoms with Crippen LogP contribution in [-0.2, 0) is 6.54 Å². The highest BCUT2D eigenvalue weighted by molar-refractivity contribution is 7.71. The van der Waals surface area contributed by atoms with Gasteiger partial charge in [-0.3, -0.25) is 24.5 Å². The van der Waals surface area contributed by atoms with E-state index in [1.54, 1.807) is 16.7 Å². The molecule has 0 aliphatic carbocycles. The van der Waals surface area contributed by atoms with Crippen LogP contribution in [0, 0.1) is 28.7 Å². The number of nitrogens with one attached hydrogen (secondary N) is 1. The first-order valence-electron chi connectivity index (χ1n) is 6.88. The third kappa shape index (κ3) is 2.90. The van der Waals surface area contributed by atoms with E-state index in [2.05, 4.69) is 15.3 Å². The Balaban J connectivity index is 2.00. The minimum Gasteiger partial charge on any atom is -0.271 e. The van der Waals surface area contributed by atoms with Crippen LogP contribution in [0.25, 0.3) is 5.69 Å². The molecule has 23 heavy (non-hydrogen) atoms. The number of H-pyrrole nitrogens is 1. The number of hydrogen-bond donors (Lipinski definition) is 1. The van der Waals surface area contributed by atoms with Gasteiger partial charge in [0.05, 0.1) is 16.3 Å². The van der Waals surface area contributed by atoms with E-state index in [0.29, 0.717) is 22.8 Å². The van der Waals surface area contributed by atoms with E-state index in [4.69, 9.17) is 12.2 Å². The van der Waals surface area contributed by atoms with Crippen LogP contribution in [0.4, 0.5) is 5.69 Å². The summed E-state index contributed by atoms with van der Waals surface area (Å²) < 4.78 is 4.01. The van der Waals surface area contributed by atoms with Crippen molar-refractivity contribution in [3.63, 3.8) is 0 Å². The lowest BCUT2D eigenvalue weighted by Crippen LogP contribution is -2.10. The molecule has 0 saturated carbocycles. The average Bonchev–Trinajstić information content (AvgIpc) is 3.02. The molecule has 0 bridgehead atoms. The van der Waals surface area contributed by atoms with Crippen LogP contribution in [0.2, 0.25) is 0 Å². The highest BCUT2D eigenvalue weighted by Crippen LogP contribution is 2.17. The summed E-state index contributed by atoms with van der Waals surface area (Å²) in [5.74, 6) is 0.676. The van der Waals surface area contributed by atoms with Gasteiger partial charge < -0.3 is 0 Å². The summed E-state index contributed by atoms with van der Waals surface area (Å²) in [6, 6.07) is 8.16. The van der Waals surface area contributed by atoms with Gasteiger partial charge in [-0.15, -0.1) is 0 Å². The zero-order valence-electron chi connectivity index (χ0n) is 12.6. The maximum absolute atomic E-state index is 10.8. The van der Waals surface area contributed by atoms with Crippen molar-refractivity contribution < 1.29 is 4.92 Å². The minimum absolute atomic E-state index is 0.0314. The van der Waals surface area contributed by atoms with Crippen molar-refractivity contribution >= 4 is 17.9 Å². The van der Waals surface area contributed by atoms with Crippen molar-refractivity contribution in [2.24, 2.45) is 0 Å². The Morgan fingerprint density at radius 3 is 2.57 bits per heavy atom. The summed E-state index contributed by atoms with van der Waals surface area (Å²) in [6.45, 7) is 4.35. The first-order valence-corrected chi connectivity index (χ1v) is 7.28. The molecule has 9 heteroatoms. The molecule has 0 atom stereocenters.